The second-order valence-electron chi connectivity index (χ2n) is 11.6. The van der Waals surface area contributed by atoms with Gasteiger partial charge in [0.1, 0.15) is 0 Å². The summed E-state index contributed by atoms with van der Waals surface area (Å²) in [6.45, 7) is 15.7. The fourth-order valence-electron chi connectivity index (χ4n) is 4.48. The van der Waals surface area contributed by atoms with Gasteiger partial charge in [0.2, 0.25) is 0 Å². The zero-order valence-electron chi connectivity index (χ0n) is 22.7. The Morgan fingerprint density at radius 3 is 1.44 bits per heavy atom. The molecule has 4 aromatic carbocycles. The Bertz CT molecular complexity index is 1460. The van der Waals surface area contributed by atoms with Crippen molar-refractivity contribution in [3.05, 3.63) is 113 Å². The molecule has 0 fully saturated rings. The van der Waals surface area contributed by atoms with Crippen LogP contribution in [0.4, 0.5) is 0 Å². The molecule has 0 aliphatic heterocycles. The average Bonchev–Trinajstić information content (AvgIpc) is 3.17. The van der Waals surface area contributed by atoms with Crippen molar-refractivity contribution in [2.75, 3.05) is 0 Å². The van der Waals surface area contributed by atoms with Gasteiger partial charge in [-0.3, -0.25) is 0 Å². The quantitative estimate of drug-likeness (QED) is 0.215. The highest BCUT2D eigenvalue weighted by molar-refractivity contribution is 6.09. The lowest BCUT2D eigenvalue weighted by molar-refractivity contribution is 0.590. The minimum absolute atomic E-state index is 0.110. The molecule has 0 N–H and O–H groups in total. The summed E-state index contributed by atoms with van der Waals surface area (Å²) in [6.07, 6.45) is 5.56. The van der Waals surface area contributed by atoms with Gasteiger partial charge in [-0.1, -0.05) is 95.5 Å². The van der Waals surface area contributed by atoms with E-state index in [0.717, 1.165) is 11.3 Å². The second kappa shape index (κ2) is 9.71. The molecular formula is C35H37N. The molecule has 0 aliphatic rings. The van der Waals surface area contributed by atoms with E-state index in [1.807, 2.05) is 30.3 Å². The van der Waals surface area contributed by atoms with Crippen molar-refractivity contribution >= 4 is 21.8 Å². The molecule has 5 aromatic rings. The molecule has 1 aromatic heterocycles. The first-order valence-corrected chi connectivity index (χ1v) is 12.7. The Labute approximate surface area is 216 Å². The van der Waals surface area contributed by atoms with E-state index in [4.69, 9.17) is 6.42 Å². The van der Waals surface area contributed by atoms with E-state index in [9.17, 15) is 0 Å². The van der Waals surface area contributed by atoms with Crippen molar-refractivity contribution in [3.63, 3.8) is 0 Å². The Balaban J connectivity index is 0.000000375. The molecule has 5 rings (SSSR count). The van der Waals surface area contributed by atoms with Gasteiger partial charge >= 0.3 is 0 Å². The highest BCUT2D eigenvalue weighted by Crippen LogP contribution is 2.37. The second-order valence-corrected chi connectivity index (χ2v) is 11.6. The molecule has 0 saturated carbocycles. The van der Waals surface area contributed by atoms with Crippen LogP contribution in [0.2, 0.25) is 0 Å². The molecule has 0 spiro atoms. The van der Waals surface area contributed by atoms with Crippen LogP contribution in [0, 0.1) is 19.3 Å². The number of terminal acetylenes is 1. The summed E-state index contributed by atoms with van der Waals surface area (Å²) in [5, 5.41) is 2.61. The summed E-state index contributed by atoms with van der Waals surface area (Å²) in [5.74, 6) is 2.71. The number of fused-ring (bicyclic) bond motifs is 3. The van der Waals surface area contributed by atoms with Gasteiger partial charge in [0.25, 0.3) is 0 Å². The summed E-state index contributed by atoms with van der Waals surface area (Å²) in [5.41, 5.74) is 8.75. The topological polar surface area (TPSA) is 4.93 Å². The predicted octanol–water partition coefficient (Wildman–Crippen LogP) is 9.36. The molecule has 0 bridgehead atoms. The maximum absolute atomic E-state index is 5.56. The summed E-state index contributed by atoms with van der Waals surface area (Å²) in [4.78, 5) is 0. The molecule has 0 amide bonds. The Kier molecular flexibility index (Phi) is 6.83. The first-order valence-electron chi connectivity index (χ1n) is 12.7. The van der Waals surface area contributed by atoms with Crippen LogP contribution in [-0.4, -0.2) is 4.57 Å². The number of rotatable bonds is 1. The first-order chi connectivity index (χ1) is 17.0. The van der Waals surface area contributed by atoms with Crippen molar-refractivity contribution in [3.8, 4) is 18.0 Å². The van der Waals surface area contributed by atoms with Crippen LogP contribution in [0.3, 0.4) is 0 Å². The number of aryl methyl sites for hydroxylation is 1. The SMILES string of the molecule is C#Cc1ccc(-n2c3ccc(C(C)(C)C)cc3c3cc(C(C)(C)C)ccc32)cc1.Cc1ccccc1. The van der Waals surface area contributed by atoms with E-state index < -0.39 is 0 Å². The minimum Gasteiger partial charge on any atom is -0.309 e. The van der Waals surface area contributed by atoms with Crippen LogP contribution >= 0.6 is 0 Å². The van der Waals surface area contributed by atoms with Gasteiger partial charge < -0.3 is 4.57 Å². The fourth-order valence-corrected chi connectivity index (χ4v) is 4.48. The zero-order chi connectivity index (χ0) is 26.1. The van der Waals surface area contributed by atoms with Crippen LogP contribution in [0.5, 0.6) is 0 Å². The Morgan fingerprint density at radius 1 is 0.611 bits per heavy atom. The van der Waals surface area contributed by atoms with Gasteiger partial charge in [0, 0.05) is 22.0 Å². The van der Waals surface area contributed by atoms with Crippen LogP contribution < -0.4 is 0 Å². The molecule has 1 nitrogen and oxygen atoms in total. The summed E-state index contributed by atoms with van der Waals surface area (Å²) in [6, 6.07) is 32.3. The van der Waals surface area contributed by atoms with Crippen molar-refractivity contribution in [1.29, 1.82) is 0 Å². The fraction of sp³-hybridized carbons (Fsp3) is 0.257. The first kappa shape index (κ1) is 25.3. The Morgan fingerprint density at radius 2 is 1.08 bits per heavy atom. The van der Waals surface area contributed by atoms with Crippen LogP contribution in [0.1, 0.15) is 63.8 Å². The summed E-state index contributed by atoms with van der Waals surface area (Å²) < 4.78 is 2.35. The van der Waals surface area contributed by atoms with E-state index in [1.54, 1.807) is 0 Å². The average molecular weight is 472 g/mol. The maximum Gasteiger partial charge on any atom is 0.0541 e. The monoisotopic (exact) mass is 471 g/mol. The number of aromatic nitrogens is 1. The van der Waals surface area contributed by atoms with E-state index in [-0.39, 0.29) is 10.8 Å². The van der Waals surface area contributed by atoms with Gasteiger partial charge in [-0.25, -0.2) is 0 Å². The van der Waals surface area contributed by atoms with E-state index in [0.29, 0.717) is 0 Å². The third kappa shape index (κ3) is 5.24. The summed E-state index contributed by atoms with van der Waals surface area (Å²) >= 11 is 0. The lowest BCUT2D eigenvalue weighted by atomic mass is 9.85. The highest BCUT2D eigenvalue weighted by atomic mass is 15.0. The lowest BCUT2D eigenvalue weighted by Gasteiger charge is -2.19. The molecule has 0 unspecified atom stereocenters. The zero-order valence-corrected chi connectivity index (χ0v) is 22.7. The predicted molar refractivity (Wildman–Crippen MR) is 157 cm³/mol. The van der Waals surface area contributed by atoms with Crippen LogP contribution in [0.25, 0.3) is 27.5 Å². The number of hydrogen-bond acceptors (Lipinski definition) is 0. The molecule has 0 aliphatic carbocycles. The van der Waals surface area contributed by atoms with Gasteiger partial charge in [-0.2, -0.15) is 0 Å². The molecule has 0 atom stereocenters. The molecule has 1 heteroatoms. The van der Waals surface area contributed by atoms with Gasteiger partial charge in [-0.15, -0.1) is 6.42 Å². The Hall–Kier alpha value is -3.76. The summed E-state index contributed by atoms with van der Waals surface area (Å²) in [7, 11) is 0. The van der Waals surface area contributed by atoms with Crippen molar-refractivity contribution in [2.45, 2.75) is 59.3 Å². The number of nitrogens with zero attached hydrogens (tertiary/aromatic N) is 1. The molecule has 0 saturated heterocycles. The molecule has 182 valence electrons. The third-order valence-corrected chi connectivity index (χ3v) is 6.73. The standard InChI is InChI=1S/C28H29N.C7H8/c1-8-19-9-13-22(14-10-19)29-25-15-11-20(27(2,3)4)17-23(25)24-18-21(28(5,6)7)12-16-26(24)29;1-7-5-3-2-4-6-7/h1,9-18H,2-7H3;2-6H,1H3. The third-order valence-electron chi connectivity index (χ3n) is 6.73. The molecule has 1 heterocycles. The minimum atomic E-state index is 0.110. The molecule has 36 heavy (non-hydrogen) atoms. The van der Waals surface area contributed by atoms with Crippen LogP contribution in [0.15, 0.2) is 91.0 Å². The maximum atomic E-state index is 5.56. The molecule has 0 radical (unpaired) electrons. The van der Waals surface area contributed by atoms with Gasteiger partial charge in [0.15, 0.2) is 0 Å². The van der Waals surface area contributed by atoms with Crippen molar-refractivity contribution in [1.82, 2.24) is 4.57 Å². The highest BCUT2D eigenvalue weighted by Gasteiger charge is 2.20. The van der Waals surface area contributed by atoms with Gasteiger partial charge in [-0.05, 0) is 77.4 Å². The lowest BCUT2D eigenvalue weighted by Crippen LogP contribution is -2.10. The van der Waals surface area contributed by atoms with Gasteiger partial charge in [0.05, 0.1) is 11.0 Å². The number of benzene rings is 4. The van der Waals surface area contributed by atoms with E-state index in [2.05, 4.69) is 120 Å². The van der Waals surface area contributed by atoms with E-state index in [1.165, 1.54) is 38.5 Å². The normalized spacial score (nSPS) is 11.7. The number of hydrogen-bond donors (Lipinski definition) is 0. The largest absolute Gasteiger partial charge is 0.309 e. The van der Waals surface area contributed by atoms with E-state index >= 15 is 0 Å². The van der Waals surface area contributed by atoms with Crippen molar-refractivity contribution in [2.24, 2.45) is 0 Å². The van der Waals surface area contributed by atoms with Crippen molar-refractivity contribution < 1.29 is 0 Å². The van der Waals surface area contributed by atoms with Crippen LogP contribution in [-0.2, 0) is 10.8 Å². The molecular weight excluding hydrogens is 434 g/mol. The smallest absolute Gasteiger partial charge is 0.0541 e.